The third kappa shape index (κ3) is 3.83. The number of anilines is 2. The summed E-state index contributed by atoms with van der Waals surface area (Å²) in [5.74, 6) is 3.12. The molecule has 0 aromatic carbocycles. The molecule has 116 valence electrons. The minimum absolute atomic E-state index is 0.147. The van der Waals surface area contributed by atoms with Crippen LogP contribution in [0.5, 0.6) is 0 Å². The number of amides is 1. The molecular formula is C15H25N5O. The van der Waals surface area contributed by atoms with E-state index in [4.69, 9.17) is 0 Å². The Hall–Kier alpha value is -1.85. The fourth-order valence-electron chi connectivity index (χ4n) is 2.39. The second-order valence-electron chi connectivity index (χ2n) is 5.65. The van der Waals surface area contributed by atoms with Crippen LogP contribution in [0.1, 0.15) is 39.4 Å². The van der Waals surface area contributed by atoms with E-state index >= 15 is 0 Å². The van der Waals surface area contributed by atoms with Gasteiger partial charge in [0.1, 0.15) is 17.5 Å². The third-order valence-electron chi connectivity index (χ3n) is 3.65. The average Bonchev–Trinajstić information content (AvgIpc) is 2.47. The maximum absolute atomic E-state index is 11.4. The lowest BCUT2D eigenvalue weighted by Gasteiger charge is -2.35. The van der Waals surface area contributed by atoms with Crippen molar-refractivity contribution in [3.05, 3.63) is 11.9 Å². The molecule has 1 aliphatic rings. The molecule has 1 aromatic heterocycles. The number of carbonyl (C=O) groups is 1. The number of piperazine rings is 1. The van der Waals surface area contributed by atoms with Crippen LogP contribution in [0.3, 0.4) is 0 Å². The Morgan fingerprint density at radius 1 is 1.29 bits per heavy atom. The second-order valence-corrected chi connectivity index (χ2v) is 5.65. The Morgan fingerprint density at radius 3 is 2.48 bits per heavy atom. The summed E-state index contributed by atoms with van der Waals surface area (Å²) in [7, 11) is 0. The van der Waals surface area contributed by atoms with Crippen LogP contribution >= 0.6 is 0 Å². The average molecular weight is 291 g/mol. The Bertz CT molecular complexity index is 495. The van der Waals surface area contributed by atoms with Crippen LogP contribution in [0.2, 0.25) is 0 Å². The molecule has 0 unspecified atom stereocenters. The van der Waals surface area contributed by atoms with E-state index in [-0.39, 0.29) is 5.91 Å². The second kappa shape index (κ2) is 6.74. The normalized spacial score (nSPS) is 15.5. The first kappa shape index (κ1) is 15.5. The molecule has 6 heteroatoms. The SMILES string of the molecule is CCNc1cc(N2CCN(C(C)=O)CC2)nc(C(C)C)n1. The highest BCUT2D eigenvalue weighted by Crippen LogP contribution is 2.21. The number of nitrogens with zero attached hydrogens (tertiary/aromatic N) is 4. The van der Waals surface area contributed by atoms with Crippen LogP contribution in [-0.2, 0) is 4.79 Å². The highest BCUT2D eigenvalue weighted by molar-refractivity contribution is 5.73. The number of hydrogen-bond acceptors (Lipinski definition) is 5. The molecule has 1 N–H and O–H groups in total. The standard InChI is InChI=1S/C15H25N5O/c1-5-16-13-10-14(18-15(17-13)11(2)3)20-8-6-19(7-9-20)12(4)21/h10-11H,5-9H2,1-4H3,(H,16,17,18). The van der Waals surface area contributed by atoms with Crippen LogP contribution in [0.15, 0.2) is 6.07 Å². The Balaban J connectivity index is 2.17. The van der Waals surface area contributed by atoms with Gasteiger partial charge >= 0.3 is 0 Å². The summed E-state index contributed by atoms with van der Waals surface area (Å²) in [5, 5.41) is 3.27. The van der Waals surface area contributed by atoms with E-state index in [0.29, 0.717) is 5.92 Å². The minimum atomic E-state index is 0.147. The number of aromatic nitrogens is 2. The molecular weight excluding hydrogens is 266 g/mol. The Kier molecular flexibility index (Phi) is 4.98. The molecule has 1 saturated heterocycles. The Morgan fingerprint density at radius 2 is 1.95 bits per heavy atom. The topological polar surface area (TPSA) is 61.4 Å². The third-order valence-corrected chi connectivity index (χ3v) is 3.65. The Labute approximate surface area is 126 Å². The van der Waals surface area contributed by atoms with Gasteiger partial charge < -0.3 is 15.1 Å². The van der Waals surface area contributed by atoms with Crippen LogP contribution in [0, 0.1) is 0 Å². The molecule has 0 atom stereocenters. The molecule has 21 heavy (non-hydrogen) atoms. The van der Waals surface area contributed by atoms with Gasteiger partial charge in [-0.05, 0) is 6.92 Å². The number of hydrogen-bond donors (Lipinski definition) is 1. The zero-order chi connectivity index (χ0) is 15.4. The van der Waals surface area contributed by atoms with E-state index < -0.39 is 0 Å². The van der Waals surface area contributed by atoms with Gasteiger partial charge in [-0.3, -0.25) is 4.79 Å². The van der Waals surface area contributed by atoms with Crippen molar-refractivity contribution in [3.8, 4) is 0 Å². The first-order chi connectivity index (χ1) is 10.0. The predicted molar refractivity (Wildman–Crippen MR) is 84.8 cm³/mol. The zero-order valence-corrected chi connectivity index (χ0v) is 13.4. The van der Waals surface area contributed by atoms with Crippen LogP contribution in [0.4, 0.5) is 11.6 Å². The van der Waals surface area contributed by atoms with Crippen molar-refractivity contribution in [2.45, 2.75) is 33.6 Å². The maximum atomic E-state index is 11.4. The van der Waals surface area contributed by atoms with Crippen molar-refractivity contribution in [1.29, 1.82) is 0 Å². The molecule has 0 bridgehead atoms. The van der Waals surface area contributed by atoms with E-state index in [9.17, 15) is 4.79 Å². The minimum Gasteiger partial charge on any atom is -0.370 e. The van der Waals surface area contributed by atoms with Gasteiger partial charge in [-0.1, -0.05) is 13.8 Å². The summed E-state index contributed by atoms with van der Waals surface area (Å²) < 4.78 is 0. The first-order valence-corrected chi connectivity index (χ1v) is 7.64. The van der Waals surface area contributed by atoms with Gasteiger partial charge in [-0.2, -0.15) is 0 Å². The van der Waals surface area contributed by atoms with Crippen molar-refractivity contribution in [2.75, 3.05) is 42.9 Å². The van der Waals surface area contributed by atoms with E-state index in [1.807, 2.05) is 11.0 Å². The van der Waals surface area contributed by atoms with Gasteiger partial charge in [-0.25, -0.2) is 9.97 Å². The summed E-state index contributed by atoms with van der Waals surface area (Å²) in [6, 6.07) is 2.00. The smallest absolute Gasteiger partial charge is 0.219 e. The molecule has 0 radical (unpaired) electrons. The molecule has 0 aliphatic carbocycles. The van der Waals surface area contributed by atoms with Gasteiger partial charge in [0.05, 0.1) is 0 Å². The summed E-state index contributed by atoms with van der Waals surface area (Å²) in [4.78, 5) is 24.7. The molecule has 6 nitrogen and oxygen atoms in total. The number of rotatable bonds is 4. The monoisotopic (exact) mass is 291 g/mol. The van der Waals surface area contributed by atoms with Crippen LogP contribution in [-0.4, -0.2) is 53.5 Å². The zero-order valence-electron chi connectivity index (χ0n) is 13.4. The molecule has 2 heterocycles. The number of carbonyl (C=O) groups excluding carboxylic acids is 1. The molecule has 0 spiro atoms. The molecule has 1 aromatic rings. The fraction of sp³-hybridized carbons (Fsp3) is 0.667. The van der Waals surface area contributed by atoms with Crippen LogP contribution < -0.4 is 10.2 Å². The number of nitrogens with one attached hydrogen (secondary N) is 1. The van der Waals surface area contributed by atoms with Gasteiger partial charge in [-0.15, -0.1) is 0 Å². The van der Waals surface area contributed by atoms with Gasteiger partial charge in [0.25, 0.3) is 0 Å². The van der Waals surface area contributed by atoms with Crippen molar-refractivity contribution in [1.82, 2.24) is 14.9 Å². The summed E-state index contributed by atoms with van der Waals surface area (Å²) >= 11 is 0. The van der Waals surface area contributed by atoms with E-state index in [0.717, 1.165) is 50.2 Å². The quantitative estimate of drug-likeness (QED) is 0.915. The van der Waals surface area contributed by atoms with Gasteiger partial charge in [0, 0.05) is 51.6 Å². The van der Waals surface area contributed by atoms with Crippen molar-refractivity contribution in [2.24, 2.45) is 0 Å². The molecule has 1 amide bonds. The maximum Gasteiger partial charge on any atom is 0.219 e. The lowest BCUT2D eigenvalue weighted by atomic mass is 10.2. The molecule has 1 aliphatic heterocycles. The van der Waals surface area contributed by atoms with E-state index in [1.54, 1.807) is 6.92 Å². The molecule has 2 rings (SSSR count). The summed E-state index contributed by atoms with van der Waals surface area (Å²) in [6.07, 6.45) is 0. The van der Waals surface area contributed by atoms with Gasteiger partial charge in [0.2, 0.25) is 5.91 Å². The highest BCUT2D eigenvalue weighted by atomic mass is 16.2. The van der Waals surface area contributed by atoms with E-state index in [1.165, 1.54) is 0 Å². The van der Waals surface area contributed by atoms with E-state index in [2.05, 4.69) is 41.0 Å². The van der Waals surface area contributed by atoms with Crippen LogP contribution in [0.25, 0.3) is 0 Å². The fourth-order valence-corrected chi connectivity index (χ4v) is 2.39. The predicted octanol–water partition coefficient (Wildman–Crippen LogP) is 1.70. The largest absolute Gasteiger partial charge is 0.370 e. The van der Waals surface area contributed by atoms with Gasteiger partial charge in [0.15, 0.2) is 0 Å². The van der Waals surface area contributed by atoms with Crippen molar-refractivity contribution in [3.63, 3.8) is 0 Å². The summed E-state index contributed by atoms with van der Waals surface area (Å²) in [5.41, 5.74) is 0. The van der Waals surface area contributed by atoms with Crippen molar-refractivity contribution < 1.29 is 4.79 Å². The molecule has 1 fully saturated rings. The first-order valence-electron chi connectivity index (χ1n) is 7.64. The summed E-state index contributed by atoms with van der Waals surface area (Å²) in [6.45, 7) is 11.9. The van der Waals surface area contributed by atoms with Crippen molar-refractivity contribution >= 4 is 17.5 Å². The molecule has 0 saturated carbocycles. The highest BCUT2D eigenvalue weighted by Gasteiger charge is 2.21. The lowest BCUT2D eigenvalue weighted by molar-refractivity contribution is -0.129. The lowest BCUT2D eigenvalue weighted by Crippen LogP contribution is -2.48.